The molecule has 18 heavy (non-hydrogen) atoms. The summed E-state index contributed by atoms with van der Waals surface area (Å²) >= 11 is 1.59. The van der Waals surface area contributed by atoms with E-state index in [-0.39, 0.29) is 11.8 Å². The van der Waals surface area contributed by atoms with Crippen molar-refractivity contribution in [2.24, 2.45) is 0 Å². The predicted molar refractivity (Wildman–Crippen MR) is 67.8 cm³/mol. The van der Waals surface area contributed by atoms with Crippen LogP contribution in [0.15, 0.2) is 22.1 Å². The number of nitrogens with zero attached hydrogens (tertiary/aromatic N) is 1. The molecule has 2 aromatic heterocycles. The molecule has 2 aromatic rings. The Bertz CT molecular complexity index is 534. The molecule has 2 N–H and O–H groups in total. The van der Waals surface area contributed by atoms with Crippen LogP contribution in [-0.2, 0) is 6.54 Å². The summed E-state index contributed by atoms with van der Waals surface area (Å²) in [7, 11) is 0. The lowest BCUT2D eigenvalue weighted by atomic mass is 10.2. The Balaban J connectivity index is 2.00. The van der Waals surface area contributed by atoms with Crippen LogP contribution in [0.4, 0.5) is 0 Å². The normalized spacial score (nSPS) is 12.6. The number of hydrogen-bond donors (Lipinski definition) is 2. The van der Waals surface area contributed by atoms with Crippen LogP contribution in [-0.4, -0.2) is 16.1 Å². The van der Waals surface area contributed by atoms with Crippen molar-refractivity contribution in [3.05, 3.63) is 39.7 Å². The molecule has 0 aliphatic carbocycles. The molecule has 0 saturated carbocycles. The van der Waals surface area contributed by atoms with E-state index in [1.165, 1.54) is 0 Å². The highest BCUT2D eigenvalue weighted by molar-refractivity contribution is 7.09. The van der Waals surface area contributed by atoms with E-state index in [1.54, 1.807) is 30.5 Å². The molecule has 0 saturated heterocycles. The van der Waals surface area contributed by atoms with Crippen LogP contribution >= 0.6 is 11.3 Å². The van der Waals surface area contributed by atoms with Crippen LogP contribution < -0.4 is 5.32 Å². The molecule has 0 spiro atoms. The van der Waals surface area contributed by atoms with Gasteiger partial charge in [0.25, 0.3) is 0 Å². The van der Waals surface area contributed by atoms with Crippen molar-refractivity contribution in [2.45, 2.75) is 26.4 Å². The van der Waals surface area contributed by atoms with Gasteiger partial charge in [-0.25, -0.2) is 9.78 Å². The first-order chi connectivity index (χ1) is 8.58. The van der Waals surface area contributed by atoms with Gasteiger partial charge in [0.15, 0.2) is 0 Å². The minimum absolute atomic E-state index is 0.0220. The monoisotopic (exact) mass is 266 g/mol. The number of aryl methyl sites for hydroxylation is 1. The topological polar surface area (TPSA) is 75.4 Å². The first-order valence-corrected chi connectivity index (χ1v) is 6.41. The number of thiazole rings is 1. The van der Waals surface area contributed by atoms with E-state index >= 15 is 0 Å². The smallest absolute Gasteiger partial charge is 0.371 e. The van der Waals surface area contributed by atoms with Gasteiger partial charge in [0.2, 0.25) is 5.76 Å². The summed E-state index contributed by atoms with van der Waals surface area (Å²) in [6, 6.07) is 1.69. The SMILES string of the molecule is Cc1oc(C(=O)O)cc1CNC(C)c1nccs1. The zero-order chi connectivity index (χ0) is 13.1. The van der Waals surface area contributed by atoms with Gasteiger partial charge in [0, 0.05) is 23.7 Å². The molecule has 0 aliphatic heterocycles. The Kier molecular flexibility index (Phi) is 3.78. The lowest BCUT2D eigenvalue weighted by Crippen LogP contribution is -2.17. The Morgan fingerprint density at radius 2 is 2.44 bits per heavy atom. The molecule has 1 unspecified atom stereocenters. The number of nitrogens with one attached hydrogen (secondary N) is 1. The molecule has 0 bridgehead atoms. The molecule has 0 aliphatic rings. The van der Waals surface area contributed by atoms with Crippen molar-refractivity contribution < 1.29 is 14.3 Å². The lowest BCUT2D eigenvalue weighted by molar-refractivity contribution is 0.0661. The molecule has 96 valence electrons. The summed E-state index contributed by atoms with van der Waals surface area (Å²) in [4.78, 5) is 15.0. The summed E-state index contributed by atoms with van der Waals surface area (Å²) < 4.78 is 5.15. The number of aromatic nitrogens is 1. The highest BCUT2D eigenvalue weighted by Crippen LogP contribution is 2.18. The highest BCUT2D eigenvalue weighted by Gasteiger charge is 2.14. The summed E-state index contributed by atoms with van der Waals surface area (Å²) in [5.41, 5.74) is 0.857. The van der Waals surface area contributed by atoms with E-state index in [9.17, 15) is 4.79 Å². The zero-order valence-electron chi connectivity index (χ0n) is 10.1. The molecule has 5 nitrogen and oxygen atoms in total. The van der Waals surface area contributed by atoms with Gasteiger partial charge in [-0.2, -0.15) is 0 Å². The maximum absolute atomic E-state index is 10.8. The van der Waals surface area contributed by atoms with E-state index < -0.39 is 5.97 Å². The maximum Gasteiger partial charge on any atom is 0.371 e. The second-order valence-electron chi connectivity index (χ2n) is 3.97. The van der Waals surface area contributed by atoms with Gasteiger partial charge in [0.1, 0.15) is 10.8 Å². The van der Waals surface area contributed by atoms with Crippen LogP contribution in [0.2, 0.25) is 0 Å². The van der Waals surface area contributed by atoms with Crippen molar-refractivity contribution in [2.75, 3.05) is 0 Å². The van der Waals surface area contributed by atoms with Crippen LogP contribution in [0, 0.1) is 6.92 Å². The minimum atomic E-state index is -1.04. The second-order valence-corrected chi connectivity index (χ2v) is 4.90. The van der Waals surface area contributed by atoms with Crippen LogP contribution in [0.1, 0.15) is 39.9 Å². The number of carbonyl (C=O) groups is 1. The molecular weight excluding hydrogens is 252 g/mol. The van der Waals surface area contributed by atoms with E-state index in [4.69, 9.17) is 9.52 Å². The molecule has 6 heteroatoms. The summed E-state index contributed by atoms with van der Waals surface area (Å²) in [6.45, 7) is 4.34. The van der Waals surface area contributed by atoms with Crippen LogP contribution in [0.3, 0.4) is 0 Å². The third kappa shape index (κ3) is 2.77. The number of carboxylic acid groups (broad SMARTS) is 1. The third-order valence-corrected chi connectivity index (χ3v) is 3.61. The first-order valence-electron chi connectivity index (χ1n) is 5.53. The number of rotatable bonds is 5. The van der Waals surface area contributed by atoms with Crippen LogP contribution in [0.5, 0.6) is 0 Å². The standard InChI is InChI=1S/C12H14N2O3S/c1-7(11-13-3-4-18-11)14-6-9-5-10(12(15)16)17-8(9)2/h3-5,7,14H,6H2,1-2H3,(H,15,16). The van der Waals surface area contributed by atoms with Gasteiger partial charge in [0.05, 0.1) is 6.04 Å². The van der Waals surface area contributed by atoms with E-state index in [0.717, 1.165) is 10.6 Å². The molecule has 0 amide bonds. The summed E-state index contributed by atoms with van der Waals surface area (Å²) in [5.74, 6) is -0.435. The Morgan fingerprint density at radius 1 is 1.67 bits per heavy atom. The van der Waals surface area contributed by atoms with Gasteiger partial charge in [-0.1, -0.05) is 0 Å². The summed E-state index contributed by atoms with van der Waals surface area (Å²) in [5, 5.41) is 15.1. The first kappa shape index (κ1) is 12.8. The van der Waals surface area contributed by atoms with Gasteiger partial charge in [-0.3, -0.25) is 0 Å². The predicted octanol–water partition coefficient (Wildman–Crippen LogP) is 2.59. The molecule has 0 radical (unpaired) electrons. The Hall–Kier alpha value is -1.66. The molecule has 0 fully saturated rings. The number of furan rings is 1. The molecule has 2 rings (SSSR count). The fourth-order valence-corrected chi connectivity index (χ4v) is 2.27. The molecular formula is C12H14N2O3S. The largest absolute Gasteiger partial charge is 0.475 e. The van der Waals surface area contributed by atoms with E-state index in [0.29, 0.717) is 12.3 Å². The Labute approximate surface area is 108 Å². The minimum Gasteiger partial charge on any atom is -0.475 e. The molecule has 1 atom stereocenters. The molecule has 0 aromatic carbocycles. The average Bonchev–Trinajstić information content (AvgIpc) is 2.95. The number of carboxylic acids is 1. The number of hydrogen-bond acceptors (Lipinski definition) is 5. The van der Waals surface area contributed by atoms with Crippen molar-refractivity contribution in [1.82, 2.24) is 10.3 Å². The maximum atomic E-state index is 10.8. The van der Waals surface area contributed by atoms with Gasteiger partial charge in [-0.15, -0.1) is 11.3 Å². The van der Waals surface area contributed by atoms with E-state index in [1.807, 2.05) is 12.3 Å². The van der Waals surface area contributed by atoms with Gasteiger partial charge < -0.3 is 14.8 Å². The van der Waals surface area contributed by atoms with E-state index in [2.05, 4.69) is 10.3 Å². The molecule has 2 heterocycles. The zero-order valence-corrected chi connectivity index (χ0v) is 11.0. The quantitative estimate of drug-likeness (QED) is 0.870. The second kappa shape index (κ2) is 5.32. The van der Waals surface area contributed by atoms with Crippen molar-refractivity contribution >= 4 is 17.3 Å². The third-order valence-electron chi connectivity index (χ3n) is 2.65. The lowest BCUT2D eigenvalue weighted by Gasteiger charge is -2.10. The van der Waals surface area contributed by atoms with Crippen molar-refractivity contribution in [3.63, 3.8) is 0 Å². The van der Waals surface area contributed by atoms with Gasteiger partial charge in [-0.05, 0) is 19.9 Å². The van der Waals surface area contributed by atoms with Crippen molar-refractivity contribution in [3.8, 4) is 0 Å². The van der Waals surface area contributed by atoms with Crippen molar-refractivity contribution in [1.29, 1.82) is 0 Å². The summed E-state index contributed by atoms with van der Waals surface area (Å²) in [6.07, 6.45) is 1.77. The van der Waals surface area contributed by atoms with Gasteiger partial charge >= 0.3 is 5.97 Å². The number of aromatic carboxylic acids is 1. The fourth-order valence-electron chi connectivity index (χ4n) is 1.60. The Morgan fingerprint density at radius 3 is 3.00 bits per heavy atom. The highest BCUT2D eigenvalue weighted by atomic mass is 32.1. The average molecular weight is 266 g/mol. The van der Waals surface area contributed by atoms with Crippen LogP contribution in [0.25, 0.3) is 0 Å². The fraction of sp³-hybridized carbons (Fsp3) is 0.333.